The van der Waals surface area contributed by atoms with Gasteiger partial charge in [0.25, 0.3) is 0 Å². The quantitative estimate of drug-likeness (QED) is 0.762. The van der Waals surface area contributed by atoms with Gasteiger partial charge in [-0.3, -0.25) is 0 Å². The zero-order valence-corrected chi connectivity index (χ0v) is 13.3. The summed E-state index contributed by atoms with van der Waals surface area (Å²) in [5.74, 6) is -0.241. The van der Waals surface area contributed by atoms with E-state index in [4.69, 9.17) is 0 Å². The number of aromatic amines is 1. The average molecular weight is 322 g/mol. The van der Waals surface area contributed by atoms with E-state index in [1.54, 1.807) is 18.3 Å². The summed E-state index contributed by atoms with van der Waals surface area (Å²) in [6.45, 7) is 0. The molecular weight excluding hydrogens is 303 g/mol. The highest BCUT2D eigenvalue weighted by molar-refractivity contribution is 5.58. The van der Waals surface area contributed by atoms with Gasteiger partial charge in [-0.15, -0.1) is 0 Å². The number of benzene rings is 2. The molecule has 1 heterocycles. The van der Waals surface area contributed by atoms with Gasteiger partial charge in [-0.1, -0.05) is 24.3 Å². The molecule has 0 saturated heterocycles. The zero-order valence-electron chi connectivity index (χ0n) is 13.3. The van der Waals surface area contributed by atoms with Crippen LogP contribution in [0.4, 0.5) is 10.1 Å². The van der Waals surface area contributed by atoms with E-state index >= 15 is 0 Å². The first-order valence-electron chi connectivity index (χ1n) is 8.30. The number of nitrogens with zero attached hydrogens (tertiary/aromatic N) is 2. The van der Waals surface area contributed by atoms with Crippen LogP contribution in [0, 0.1) is 5.82 Å². The maximum absolute atomic E-state index is 13.3. The largest absolute Gasteiger partial charge is 0.372 e. The Morgan fingerprint density at radius 3 is 2.67 bits per heavy atom. The number of H-pyrrole nitrogens is 1. The fourth-order valence-corrected chi connectivity index (χ4v) is 3.40. The van der Waals surface area contributed by atoms with Crippen molar-refractivity contribution in [3.8, 4) is 0 Å². The van der Waals surface area contributed by atoms with Crippen LogP contribution in [0.1, 0.15) is 41.3 Å². The molecule has 0 aliphatic heterocycles. The number of fused-ring (bicyclic) bond motifs is 1. The van der Waals surface area contributed by atoms with Crippen molar-refractivity contribution in [3.05, 3.63) is 76.9 Å². The van der Waals surface area contributed by atoms with Crippen LogP contribution in [-0.2, 0) is 12.8 Å². The van der Waals surface area contributed by atoms with Crippen LogP contribution >= 0.6 is 0 Å². The molecule has 2 aromatic carbocycles. The zero-order chi connectivity index (χ0) is 16.4. The van der Waals surface area contributed by atoms with Crippen LogP contribution in [-0.4, -0.2) is 15.4 Å². The molecule has 0 radical (unpaired) electrons. The summed E-state index contributed by atoms with van der Waals surface area (Å²) in [4.78, 5) is 0. The van der Waals surface area contributed by atoms with Crippen molar-refractivity contribution in [1.82, 2.24) is 15.4 Å². The average Bonchev–Trinajstić information content (AvgIpc) is 3.15. The molecule has 0 fully saturated rings. The maximum Gasteiger partial charge on any atom is 0.123 e. The second-order valence-corrected chi connectivity index (χ2v) is 6.17. The Morgan fingerprint density at radius 1 is 1.04 bits per heavy atom. The van der Waals surface area contributed by atoms with Crippen LogP contribution in [0.25, 0.3) is 0 Å². The molecule has 0 saturated carbocycles. The highest BCUT2D eigenvalue weighted by Crippen LogP contribution is 2.32. The first-order chi connectivity index (χ1) is 11.8. The summed E-state index contributed by atoms with van der Waals surface area (Å²) in [7, 11) is 0. The molecule has 3 aromatic rings. The van der Waals surface area contributed by atoms with Crippen molar-refractivity contribution in [3.63, 3.8) is 0 Å². The van der Waals surface area contributed by atoms with Gasteiger partial charge in [-0.2, -0.15) is 15.4 Å². The Balaban J connectivity index is 1.72. The summed E-state index contributed by atoms with van der Waals surface area (Å²) >= 11 is 0. The van der Waals surface area contributed by atoms with Crippen LogP contribution in [0.15, 0.2) is 48.7 Å². The number of halogens is 1. The van der Waals surface area contributed by atoms with Gasteiger partial charge in [-0.05, 0) is 60.6 Å². The number of aromatic nitrogens is 3. The molecule has 24 heavy (non-hydrogen) atoms. The van der Waals surface area contributed by atoms with E-state index in [1.165, 1.54) is 36.1 Å². The van der Waals surface area contributed by atoms with Crippen LogP contribution < -0.4 is 5.32 Å². The second kappa shape index (κ2) is 6.43. The minimum absolute atomic E-state index is 0.169. The van der Waals surface area contributed by atoms with E-state index in [0.717, 1.165) is 29.8 Å². The molecule has 1 unspecified atom stereocenters. The van der Waals surface area contributed by atoms with Gasteiger partial charge in [-0.25, -0.2) is 4.39 Å². The summed E-state index contributed by atoms with van der Waals surface area (Å²) in [6.07, 6.45) is 6.40. The van der Waals surface area contributed by atoms with Crippen LogP contribution in [0.5, 0.6) is 0 Å². The number of nitrogens with one attached hydrogen (secondary N) is 2. The van der Waals surface area contributed by atoms with E-state index in [-0.39, 0.29) is 11.9 Å². The lowest BCUT2D eigenvalue weighted by Gasteiger charge is -2.24. The number of rotatable bonds is 4. The molecule has 1 aliphatic rings. The number of hydrogen-bond donors (Lipinski definition) is 2. The molecule has 0 bridgehead atoms. The van der Waals surface area contributed by atoms with Gasteiger partial charge in [0.1, 0.15) is 11.5 Å². The third-order valence-corrected chi connectivity index (χ3v) is 4.63. The molecule has 4 nitrogen and oxygen atoms in total. The molecule has 4 rings (SSSR count). The van der Waals surface area contributed by atoms with Crippen LogP contribution in [0.2, 0.25) is 0 Å². The van der Waals surface area contributed by atoms with E-state index in [2.05, 4.69) is 38.9 Å². The second-order valence-electron chi connectivity index (χ2n) is 6.17. The summed E-state index contributed by atoms with van der Waals surface area (Å²) in [5.41, 5.74) is 5.68. The Labute approximate surface area is 140 Å². The fraction of sp³-hybridized carbons (Fsp3) is 0.263. The molecule has 0 amide bonds. The number of aryl methyl sites for hydroxylation is 1. The lowest BCUT2D eigenvalue weighted by molar-refractivity contribution is 0.626. The summed E-state index contributed by atoms with van der Waals surface area (Å²) in [6, 6.07) is 12.8. The Kier molecular flexibility index (Phi) is 3.99. The van der Waals surface area contributed by atoms with E-state index in [1.807, 2.05) is 0 Å². The monoisotopic (exact) mass is 322 g/mol. The molecular formula is C19H19FN4. The highest BCUT2D eigenvalue weighted by atomic mass is 19.1. The van der Waals surface area contributed by atoms with E-state index < -0.39 is 0 Å². The molecule has 122 valence electrons. The smallest absolute Gasteiger partial charge is 0.123 e. The Hall–Kier alpha value is -2.69. The molecule has 1 aromatic heterocycles. The van der Waals surface area contributed by atoms with Gasteiger partial charge in [0.05, 0.1) is 12.2 Å². The topological polar surface area (TPSA) is 53.6 Å². The first kappa shape index (κ1) is 14.9. The van der Waals surface area contributed by atoms with Gasteiger partial charge >= 0.3 is 0 Å². The van der Waals surface area contributed by atoms with Crippen molar-refractivity contribution >= 4 is 5.69 Å². The summed E-state index contributed by atoms with van der Waals surface area (Å²) < 4.78 is 13.3. The van der Waals surface area contributed by atoms with Crippen molar-refractivity contribution in [2.75, 3.05) is 5.32 Å². The molecule has 5 heteroatoms. The standard InChI is InChI=1S/C19H19FN4/c20-15-10-8-14(9-11-15)19(18-12-21-24-23-18)22-17-7-3-5-13-4-1-2-6-16(13)17/h3,5,7-12,19,22H,1-2,4,6H2,(H,21,23,24). The Bertz CT molecular complexity index is 812. The van der Waals surface area contributed by atoms with Gasteiger partial charge in [0.15, 0.2) is 0 Å². The molecule has 2 N–H and O–H groups in total. The van der Waals surface area contributed by atoms with Gasteiger partial charge < -0.3 is 5.32 Å². The van der Waals surface area contributed by atoms with Crippen molar-refractivity contribution < 1.29 is 4.39 Å². The SMILES string of the molecule is Fc1ccc(C(Nc2cccc3c2CCCC3)c2cn[nH]n2)cc1. The number of anilines is 1. The lowest BCUT2D eigenvalue weighted by atomic mass is 9.90. The predicted octanol–water partition coefficient (Wildman–Crippen LogP) is 4.02. The fourth-order valence-electron chi connectivity index (χ4n) is 3.40. The summed E-state index contributed by atoms with van der Waals surface area (Å²) in [5, 5.41) is 14.4. The molecule has 0 spiro atoms. The molecule has 1 aliphatic carbocycles. The molecule has 1 atom stereocenters. The first-order valence-corrected chi connectivity index (χ1v) is 8.30. The van der Waals surface area contributed by atoms with Crippen molar-refractivity contribution in [2.45, 2.75) is 31.7 Å². The highest BCUT2D eigenvalue weighted by Gasteiger charge is 2.20. The third-order valence-electron chi connectivity index (χ3n) is 4.63. The van der Waals surface area contributed by atoms with E-state index in [9.17, 15) is 4.39 Å². The minimum atomic E-state index is -0.241. The predicted molar refractivity (Wildman–Crippen MR) is 91.3 cm³/mol. The lowest BCUT2D eigenvalue weighted by Crippen LogP contribution is -2.16. The Morgan fingerprint density at radius 2 is 1.88 bits per heavy atom. The number of hydrogen-bond acceptors (Lipinski definition) is 3. The van der Waals surface area contributed by atoms with Gasteiger partial charge in [0.2, 0.25) is 0 Å². The van der Waals surface area contributed by atoms with E-state index in [0.29, 0.717) is 0 Å². The van der Waals surface area contributed by atoms with Gasteiger partial charge in [0, 0.05) is 5.69 Å². The minimum Gasteiger partial charge on any atom is -0.372 e. The van der Waals surface area contributed by atoms with Crippen molar-refractivity contribution in [1.29, 1.82) is 0 Å². The third kappa shape index (κ3) is 2.89. The van der Waals surface area contributed by atoms with Crippen molar-refractivity contribution in [2.24, 2.45) is 0 Å². The normalized spacial score (nSPS) is 14.9. The van der Waals surface area contributed by atoms with Crippen LogP contribution in [0.3, 0.4) is 0 Å². The maximum atomic E-state index is 13.3.